The van der Waals surface area contributed by atoms with E-state index in [1.165, 1.54) is 4.90 Å². The maximum absolute atomic E-state index is 13.3. The summed E-state index contributed by atoms with van der Waals surface area (Å²) in [6.45, 7) is 6.46. The molecule has 1 amide bonds. The lowest BCUT2D eigenvalue weighted by molar-refractivity contribution is -0.132. The minimum atomic E-state index is -0.744. The Labute approximate surface area is 193 Å². The van der Waals surface area contributed by atoms with Gasteiger partial charge in [-0.1, -0.05) is 61.5 Å². The van der Waals surface area contributed by atoms with Crippen molar-refractivity contribution in [3.05, 3.63) is 101 Å². The summed E-state index contributed by atoms with van der Waals surface area (Å²) in [5.41, 5.74) is 3.84. The van der Waals surface area contributed by atoms with Crippen LogP contribution in [0.25, 0.3) is 5.76 Å². The third kappa shape index (κ3) is 4.14. The fourth-order valence-electron chi connectivity index (χ4n) is 4.14. The van der Waals surface area contributed by atoms with Gasteiger partial charge in [-0.15, -0.1) is 0 Å². The van der Waals surface area contributed by atoms with Gasteiger partial charge in [-0.05, 0) is 55.2 Å². The molecular weight excluding hydrogens is 414 g/mol. The third-order valence-electron chi connectivity index (χ3n) is 5.98. The predicted molar refractivity (Wildman–Crippen MR) is 129 cm³/mol. The zero-order valence-corrected chi connectivity index (χ0v) is 19.0. The van der Waals surface area contributed by atoms with Gasteiger partial charge in [0.2, 0.25) is 0 Å². The van der Waals surface area contributed by atoms with Crippen molar-refractivity contribution < 1.29 is 19.4 Å². The number of amides is 1. The lowest BCUT2D eigenvalue weighted by atomic mass is 9.94. The SMILES string of the molecule is CCCOc1cccc(/C(O)=C2\C(=O)C(=O)N(c3cccc(C)c3C)C2c2ccccc2)c1. The summed E-state index contributed by atoms with van der Waals surface area (Å²) < 4.78 is 5.69. The molecule has 1 saturated heterocycles. The Morgan fingerprint density at radius 2 is 1.70 bits per heavy atom. The van der Waals surface area contributed by atoms with Crippen LogP contribution in [0.15, 0.2) is 78.4 Å². The van der Waals surface area contributed by atoms with Crippen LogP contribution in [0.1, 0.15) is 41.6 Å². The van der Waals surface area contributed by atoms with E-state index in [1.807, 2.05) is 69.3 Å². The molecular formula is C28H27NO4. The highest BCUT2D eigenvalue weighted by Gasteiger charge is 2.47. The molecule has 4 rings (SSSR count). The van der Waals surface area contributed by atoms with Gasteiger partial charge in [0.25, 0.3) is 11.7 Å². The summed E-state index contributed by atoms with van der Waals surface area (Å²) in [5, 5.41) is 11.3. The topological polar surface area (TPSA) is 66.8 Å². The quantitative estimate of drug-likeness (QED) is 0.302. The first-order valence-corrected chi connectivity index (χ1v) is 11.1. The summed E-state index contributed by atoms with van der Waals surface area (Å²) in [5.74, 6) is -0.975. The standard InChI is InChI=1S/C28H27NO4/c1-4-16-33-22-14-9-13-21(17-22)26(30)24-25(20-11-6-5-7-12-20)29(28(32)27(24)31)23-15-8-10-18(2)19(23)3/h5-15,17,25,30H,4,16H2,1-3H3/b26-24+. The normalized spacial score (nSPS) is 17.4. The number of ketones is 1. The number of aryl methyl sites for hydroxylation is 1. The Kier molecular flexibility index (Phi) is 6.31. The zero-order chi connectivity index (χ0) is 23.5. The second-order valence-electron chi connectivity index (χ2n) is 8.18. The van der Waals surface area contributed by atoms with E-state index in [4.69, 9.17) is 4.74 Å². The molecule has 1 atom stereocenters. The van der Waals surface area contributed by atoms with E-state index >= 15 is 0 Å². The molecule has 5 nitrogen and oxygen atoms in total. The number of benzene rings is 3. The van der Waals surface area contributed by atoms with Crippen molar-refractivity contribution in [2.24, 2.45) is 0 Å². The highest BCUT2D eigenvalue weighted by molar-refractivity contribution is 6.51. The fourth-order valence-corrected chi connectivity index (χ4v) is 4.14. The van der Waals surface area contributed by atoms with Gasteiger partial charge in [0.05, 0.1) is 18.2 Å². The minimum absolute atomic E-state index is 0.0692. The van der Waals surface area contributed by atoms with E-state index in [2.05, 4.69) is 0 Å². The highest BCUT2D eigenvalue weighted by atomic mass is 16.5. The van der Waals surface area contributed by atoms with E-state index in [1.54, 1.807) is 24.3 Å². The zero-order valence-electron chi connectivity index (χ0n) is 19.0. The first-order chi connectivity index (χ1) is 15.9. The molecule has 0 aromatic heterocycles. The van der Waals surface area contributed by atoms with Gasteiger partial charge < -0.3 is 9.84 Å². The number of hydrogen-bond donors (Lipinski definition) is 1. The lowest BCUT2D eigenvalue weighted by Crippen LogP contribution is -2.30. The average molecular weight is 442 g/mol. The molecule has 3 aromatic rings. The van der Waals surface area contributed by atoms with Crippen molar-refractivity contribution in [3.8, 4) is 5.75 Å². The van der Waals surface area contributed by atoms with E-state index in [0.29, 0.717) is 23.6 Å². The van der Waals surface area contributed by atoms with Crippen molar-refractivity contribution in [2.75, 3.05) is 11.5 Å². The summed E-state index contributed by atoms with van der Waals surface area (Å²) in [7, 11) is 0. The van der Waals surface area contributed by atoms with Crippen LogP contribution >= 0.6 is 0 Å². The molecule has 5 heteroatoms. The lowest BCUT2D eigenvalue weighted by Gasteiger charge is -2.27. The van der Waals surface area contributed by atoms with Crippen molar-refractivity contribution in [2.45, 2.75) is 33.2 Å². The van der Waals surface area contributed by atoms with Crippen molar-refractivity contribution in [1.82, 2.24) is 0 Å². The maximum Gasteiger partial charge on any atom is 0.300 e. The van der Waals surface area contributed by atoms with Crippen molar-refractivity contribution in [1.29, 1.82) is 0 Å². The Hall–Kier alpha value is -3.86. The van der Waals surface area contributed by atoms with Gasteiger partial charge in [0.1, 0.15) is 11.5 Å². The van der Waals surface area contributed by atoms with Crippen LogP contribution < -0.4 is 9.64 Å². The molecule has 0 aliphatic carbocycles. The Morgan fingerprint density at radius 3 is 2.42 bits per heavy atom. The Morgan fingerprint density at radius 1 is 0.970 bits per heavy atom. The molecule has 1 unspecified atom stereocenters. The fraction of sp³-hybridized carbons (Fsp3) is 0.214. The Bertz CT molecular complexity index is 1230. The van der Waals surface area contributed by atoms with Gasteiger partial charge in [0, 0.05) is 11.3 Å². The summed E-state index contributed by atoms with van der Waals surface area (Å²) in [4.78, 5) is 28.1. The van der Waals surface area contributed by atoms with E-state index in [0.717, 1.165) is 23.1 Å². The monoisotopic (exact) mass is 441 g/mol. The van der Waals surface area contributed by atoms with Crippen LogP contribution in [0.3, 0.4) is 0 Å². The molecule has 1 N–H and O–H groups in total. The number of carbonyl (C=O) groups excluding carboxylic acids is 2. The molecule has 0 saturated carbocycles. The molecule has 0 bridgehead atoms. The highest BCUT2D eigenvalue weighted by Crippen LogP contribution is 2.43. The predicted octanol–water partition coefficient (Wildman–Crippen LogP) is 5.72. The second-order valence-corrected chi connectivity index (χ2v) is 8.18. The largest absolute Gasteiger partial charge is 0.507 e. The molecule has 0 spiro atoms. The van der Waals surface area contributed by atoms with Crippen LogP contribution in [0.4, 0.5) is 5.69 Å². The summed E-state index contributed by atoms with van der Waals surface area (Å²) in [6.07, 6.45) is 0.852. The first-order valence-electron chi connectivity index (χ1n) is 11.1. The molecule has 1 heterocycles. The number of hydrogen-bond acceptors (Lipinski definition) is 4. The summed E-state index contributed by atoms with van der Waals surface area (Å²) >= 11 is 0. The van der Waals surface area contributed by atoms with Gasteiger partial charge in [-0.3, -0.25) is 14.5 Å². The smallest absolute Gasteiger partial charge is 0.300 e. The maximum atomic E-state index is 13.3. The summed E-state index contributed by atoms with van der Waals surface area (Å²) in [6, 6.07) is 21.2. The molecule has 1 aliphatic rings. The minimum Gasteiger partial charge on any atom is -0.507 e. The van der Waals surface area contributed by atoms with Crippen LogP contribution in [0.2, 0.25) is 0 Å². The number of aliphatic hydroxyl groups is 1. The van der Waals surface area contributed by atoms with E-state index in [-0.39, 0.29) is 11.3 Å². The Balaban J connectivity index is 1.91. The average Bonchev–Trinajstić information content (AvgIpc) is 3.10. The van der Waals surface area contributed by atoms with E-state index in [9.17, 15) is 14.7 Å². The van der Waals surface area contributed by atoms with Crippen molar-refractivity contribution in [3.63, 3.8) is 0 Å². The first kappa shape index (κ1) is 22.3. The van der Waals surface area contributed by atoms with Gasteiger partial charge in [0.15, 0.2) is 0 Å². The van der Waals surface area contributed by atoms with Crippen molar-refractivity contribution >= 4 is 23.1 Å². The van der Waals surface area contributed by atoms with Crippen LogP contribution in [-0.4, -0.2) is 23.4 Å². The van der Waals surface area contributed by atoms with Gasteiger partial charge >= 0.3 is 0 Å². The van der Waals surface area contributed by atoms with Crippen LogP contribution in [0.5, 0.6) is 5.75 Å². The number of carbonyl (C=O) groups is 2. The number of anilines is 1. The number of nitrogens with zero attached hydrogens (tertiary/aromatic N) is 1. The molecule has 168 valence electrons. The molecule has 3 aromatic carbocycles. The number of rotatable bonds is 6. The number of Topliss-reactive ketones (excluding diaryl/α,β-unsaturated/α-hetero) is 1. The van der Waals surface area contributed by atoms with Gasteiger partial charge in [-0.25, -0.2) is 0 Å². The molecule has 1 fully saturated rings. The van der Waals surface area contributed by atoms with E-state index < -0.39 is 17.7 Å². The third-order valence-corrected chi connectivity index (χ3v) is 5.98. The van der Waals surface area contributed by atoms with Crippen LogP contribution in [0, 0.1) is 13.8 Å². The van der Waals surface area contributed by atoms with Crippen LogP contribution in [-0.2, 0) is 9.59 Å². The molecule has 0 radical (unpaired) electrons. The van der Waals surface area contributed by atoms with Gasteiger partial charge in [-0.2, -0.15) is 0 Å². The molecule has 1 aliphatic heterocycles. The number of aliphatic hydroxyl groups excluding tert-OH is 1. The molecule has 33 heavy (non-hydrogen) atoms. The number of ether oxygens (including phenoxy) is 1. The second kappa shape index (κ2) is 9.33.